The molecule has 1 aliphatic rings. The van der Waals surface area contributed by atoms with Crippen molar-refractivity contribution in [3.63, 3.8) is 0 Å². The summed E-state index contributed by atoms with van der Waals surface area (Å²) < 4.78 is 5.40. The van der Waals surface area contributed by atoms with Crippen LogP contribution in [0.1, 0.15) is 37.7 Å². The molecular weight excluding hydrogens is 174 g/mol. The Bertz CT molecular complexity index is 339. The minimum Gasteiger partial charge on any atom is -0.375 e. The lowest BCUT2D eigenvalue weighted by Crippen LogP contribution is -2.18. The third-order valence-corrected chi connectivity index (χ3v) is 2.59. The van der Waals surface area contributed by atoms with Crippen molar-refractivity contribution in [3.05, 3.63) is 29.1 Å². The van der Waals surface area contributed by atoms with Crippen molar-refractivity contribution < 1.29 is 4.74 Å². The van der Waals surface area contributed by atoms with Crippen LogP contribution in [-0.2, 0) is 23.2 Å². The second-order valence-corrected chi connectivity index (χ2v) is 4.85. The quantitative estimate of drug-likeness (QED) is 0.628. The van der Waals surface area contributed by atoms with Crippen LogP contribution in [0.2, 0.25) is 0 Å². The molecule has 0 unspecified atom stereocenters. The van der Waals surface area contributed by atoms with E-state index in [2.05, 4.69) is 37.9 Å². The van der Waals surface area contributed by atoms with Crippen molar-refractivity contribution in [2.75, 3.05) is 6.61 Å². The molecule has 76 valence electrons. The van der Waals surface area contributed by atoms with Crippen LogP contribution >= 0.6 is 0 Å². The molecule has 0 saturated heterocycles. The van der Waals surface area contributed by atoms with Gasteiger partial charge in [0.15, 0.2) is 0 Å². The second-order valence-electron chi connectivity index (χ2n) is 4.85. The summed E-state index contributed by atoms with van der Waals surface area (Å²) in [6, 6.07) is 4.34. The van der Waals surface area contributed by atoms with Gasteiger partial charge in [-0.1, -0.05) is 26.8 Å². The van der Waals surface area contributed by atoms with Crippen LogP contribution in [0.15, 0.2) is 12.1 Å². The first-order valence-corrected chi connectivity index (χ1v) is 5.14. The average Bonchev–Trinajstić information content (AvgIpc) is 2.16. The van der Waals surface area contributed by atoms with Gasteiger partial charge in [-0.05, 0) is 18.1 Å². The molecular formula is C12H17NO. The minimum absolute atomic E-state index is 0.131. The van der Waals surface area contributed by atoms with E-state index >= 15 is 0 Å². The summed E-state index contributed by atoms with van der Waals surface area (Å²) >= 11 is 0. The molecule has 0 saturated carbocycles. The summed E-state index contributed by atoms with van der Waals surface area (Å²) in [7, 11) is 0. The molecule has 0 N–H and O–H groups in total. The molecule has 0 aromatic carbocycles. The highest BCUT2D eigenvalue weighted by Gasteiger charge is 2.18. The number of pyridine rings is 1. The highest BCUT2D eigenvalue weighted by Crippen LogP contribution is 2.23. The monoisotopic (exact) mass is 191 g/mol. The summed E-state index contributed by atoms with van der Waals surface area (Å²) in [5.41, 5.74) is 3.77. The lowest BCUT2D eigenvalue weighted by atomic mass is 9.90. The number of aromatic nitrogens is 1. The maximum atomic E-state index is 5.40. The lowest BCUT2D eigenvalue weighted by Gasteiger charge is -2.22. The van der Waals surface area contributed by atoms with Gasteiger partial charge in [0.1, 0.15) is 0 Å². The fraction of sp³-hybridized carbons (Fsp3) is 0.583. The zero-order valence-corrected chi connectivity index (χ0v) is 9.13. The van der Waals surface area contributed by atoms with Gasteiger partial charge in [-0.3, -0.25) is 4.98 Å². The predicted molar refractivity (Wildman–Crippen MR) is 56.3 cm³/mol. The van der Waals surface area contributed by atoms with Gasteiger partial charge < -0.3 is 4.74 Å². The van der Waals surface area contributed by atoms with E-state index in [4.69, 9.17) is 4.74 Å². The Balaban J connectivity index is 2.39. The first kappa shape index (κ1) is 9.66. The molecule has 2 rings (SSSR count). The van der Waals surface area contributed by atoms with E-state index in [1.54, 1.807) is 0 Å². The van der Waals surface area contributed by atoms with E-state index in [1.807, 2.05) is 0 Å². The number of nitrogens with zero attached hydrogens (tertiary/aromatic N) is 1. The molecule has 0 bridgehead atoms. The normalized spacial score (nSPS) is 16.5. The van der Waals surface area contributed by atoms with Crippen LogP contribution in [0.5, 0.6) is 0 Å². The summed E-state index contributed by atoms with van der Waals surface area (Å²) in [6.07, 6.45) is 1.01. The number of hydrogen-bond acceptors (Lipinski definition) is 2. The highest BCUT2D eigenvalue weighted by molar-refractivity contribution is 5.26. The maximum absolute atomic E-state index is 5.40. The molecule has 2 heterocycles. The zero-order chi connectivity index (χ0) is 10.2. The van der Waals surface area contributed by atoms with Crippen LogP contribution in [0.4, 0.5) is 0 Å². The van der Waals surface area contributed by atoms with Crippen molar-refractivity contribution >= 4 is 0 Å². The van der Waals surface area contributed by atoms with E-state index in [0.717, 1.165) is 24.4 Å². The maximum Gasteiger partial charge on any atom is 0.0890 e. The average molecular weight is 191 g/mol. The lowest BCUT2D eigenvalue weighted by molar-refractivity contribution is 0.107. The molecule has 2 nitrogen and oxygen atoms in total. The second kappa shape index (κ2) is 3.35. The molecule has 1 aromatic heterocycles. The van der Waals surface area contributed by atoms with Crippen molar-refractivity contribution in [1.29, 1.82) is 0 Å². The zero-order valence-electron chi connectivity index (χ0n) is 9.13. The van der Waals surface area contributed by atoms with Crippen LogP contribution < -0.4 is 0 Å². The summed E-state index contributed by atoms with van der Waals surface area (Å²) in [5, 5.41) is 0. The first-order chi connectivity index (χ1) is 6.57. The van der Waals surface area contributed by atoms with E-state index in [1.165, 1.54) is 5.56 Å². The molecule has 1 aromatic rings. The number of hydrogen-bond donors (Lipinski definition) is 0. The molecule has 0 radical (unpaired) electrons. The number of ether oxygens (including phenoxy) is 1. The smallest absolute Gasteiger partial charge is 0.0890 e. The van der Waals surface area contributed by atoms with Gasteiger partial charge >= 0.3 is 0 Å². The Labute approximate surface area is 85.3 Å². The first-order valence-electron chi connectivity index (χ1n) is 5.14. The molecule has 0 fully saturated rings. The Morgan fingerprint density at radius 2 is 2.07 bits per heavy atom. The molecule has 2 heteroatoms. The fourth-order valence-electron chi connectivity index (χ4n) is 1.65. The standard InChI is InChI=1S/C12H17NO/c1-12(2,3)11-5-4-9-6-7-14-8-10(9)13-11/h4-5H,6-8H2,1-3H3. The molecule has 0 spiro atoms. The predicted octanol–water partition coefficient (Wildman–Crippen LogP) is 2.45. The summed E-state index contributed by atoms with van der Waals surface area (Å²) in [4.78, 5) is 4.66. The Morgan fingerprint density at radius 3 is 2.79 bits per heavy atom. The van der Waals surface area contributed by atoms with E-state index in [-0.39, 0.29) is 5.41 Å². The van der Waals surface area contributed by atoms with Gasteiger partial charge in [0.05, 0.1) is 18.9 Å². The Hall–Kier alpha value is -0.890. The van der Waals surface area contributed by atoms with Crippen molar-refractivity contribution in [2.24, 2.45) is 0 Å². The molecule has 14 heavy (non-hydrogen) atoms. The molecule has 0 atom stereocenters. The van der Waals surface area contributed by atoms with Crippen molar-refractivity contribution in [1.82, 2.24) is 4.98 Å². The van der Waals surface area contributed by atoms with Gasteiger partial charge in [-0.25, -0.2) is 0 Å². The fourth-order valence-corrected chi connectivity index (χ4v) is 1.65. The third kappa shape index (κ3) is 1.80. The van der Waals surface area contributed by atoms with Crippen LogP contribution in [0, 0.1) is 0 Å². The van der Waals surface area contributed by atoms with E-state index in [9.17, 15) is 0 Å². The third-order valence-electron chi connectivity index (χ3n) is 2.59. The highest BCUT2D eigenvalue weighted by atomic mass is 16.5. The summed E-state index contributed by atoms with van der Waals surface area (Å²) in [6.45, 7) is 8.07. The SMILES string of the molecule is CC(C)(C)c1ccc2c(n1)COCC2. The Kier molecular flexibility index (Phi) is 2.31. The van der Waals surface area contributed by atoms with Crippen LogP contribution in [-0.4, -0.2) is 11.6 Å². The topological polar surface area (TPSA) is 22.1 Å². The van der Waals surface area contributed by atoms with Gasteiger partial charge in [-0.2, -0.15) is 0 Å². The van der Waals surface area contributed by atoms with E-state index in [0.29, 0.717) is 6.61 Å². The van der Waals surface area contributed by atoms with Gasteiger partial charge in [-0.15, -0.1) is 0 Å². The number of rotatable bonds is 0. The van der Waals surface area contributed by atoms with Crippen molar-refractivity contribution in [3.8, 4) is 0 Å². The minimum atomic E-state index is 0.131. The molecule has 0 aliphatic carbocycles. The van der Waals surface area contributed by atoms with E-state index < -0.39 is 0 Å². The van der Waals surface area contributed by atoms with Crippen LogP contribution in [0.25, 0.3) is 0 Å². The largest absolute Gasteiger partial charge is 0.375 e. The van der Waals surface area contributed by atoms with Gasteiger partial charge in [0, 0.05) is 11.1 Å². The van der Waals surface area contributed by atoms with Crippen LogP contribution in [0.3, 0.4) is 0 Å². The Morgan fingerprint density at radius 1 is 1.29 bits per heavy atom. The van der Waals surface area contributed by atoms with Gasteiger partial charge in [0.2, 0.25) is 0 Å². The number of fused-ring (bicyclic) bond motifs is 1. The molecule has 1 aliphatic heterocycles. The molecule has 0 amide bonds. The van der Waals surface area contributed by atoms with Gasteiger partial charge in [0.25, 0.3) is 0 Å². The van der Waals surface area contributed by atoms with Crippen molar-refractivity contribution in [2.45, 2.75) is 39.2 Å². The summed E-state index contributed by atoms with van der Waals surface area (Å²) in [5.74, 6) is 0.